The molecule has 1 amide bonds. The van der Waals surface area contributed by atoms with E-state index in [-0.39, 0.29) is 12.3 Å². The van der Waals surface area contributed by atoms with Gasteiger partial charge in [-0.25, -0.2) is 0 Å². The first-order valence-electron chi connectivity index (χ1n) is 6.14. The van der Waals surface area contributed by atoms with Crippen LogP contribution in [0.15, 0.2) is 42.6 Å². The Bertz CT molecular complexity index is 602. The minimum absolute atomic E-state index is 0.0279. The first kappa shape index (κ1) is 14.8. The SMILES string of the molecule is CN(Cc1ccccn1)C(=O)Cc1cc(Cl)ccc1Cl. The molecule has 0 aliphatic rings. The van der Waals surface area contributed by atoms with Crippen molar-refractivity contribution in [3.05, 3.63) is 63.9 Å². The average Bonchev–Trinajstić information content (AvgIpc) is 2.44. The molecule has 5 heteroatoms. The maximum absolute atomic E-state index is 12.2. The number of rotatable bonds is 4. The molecular formula is C15H14Cl2N2O. The zero-order valence-corrected chi connectivity index (χ0v) is 12.5. The van der Waals surface area contributed by atoms with Crippen molar-refractivity contribution >= 4 is 29.1 Å². The number of amides is 1. The van der Waals surface area contributed by atoms with Gasteiger partial charge in [0.15, 0.2) is 0 Å². The van der Waals surface area contributed by atoms with Crippen molar-refractivity contribution in [2.75, 3.05) is 7.05 Å². The van der Waals surface area contributed by atoms with E-state index in [1.807, 2.05) is 18.2 Å². The third kappa shape index (κ3) is 3.95. The van der Waals surface area contributed by atoms with Crippen LogP contribution in [0.25, 0.3) is 0 Å². The van der Waals surface area contributed by atoms with Gasteiger partial charge in [-0.3, -0.25) is 9.78 Å². The lowest BCUT2D eigenvalue weighted by Crippen LogP contribution is -2.28. The Morgan fingerprint density at radius 2 is 2.05 bits per heavy atom. The molecule has 20 heavy (non-hydrogen) atoms. The number of nitrogens with zero attached hydrogens (tertiary/aromatic N) is 2. The second-order valence-corrected chi connectivity index (χ2v) is 5.33. The van der Waals surface area contributed by atoms with Gasteiger partial charge in [0.25, 0.3) is 0 Å². The van der Waals surface area contributed by atoms with Crippen molar-refractivity contribution in [3.8, 4) is 0 Å². The maximum Gasteiger partial charge on any atom is 0.227 e. The number of hydrogen-bond donors (Lipinski definition) is 0. The van der Waals surface area contributed by atoms with E-state index in [9.17, 15) is 4.79 Å². The molecule has 1 aromatic carbocycles. The normalized spacial score (nSPS) is 10.3. The Kier molecular flexibility index (Phi) is 4.99. The summed E-state index contributed by atoms with van der Waals surface area (Å²) in [6.45, 7) is 0.470. The quantitative estimate of drug-likeness (QED) is 0.865. The van der Waals surface area contributed by atoms with Gasteiger partial charge >= 0.3 is 0 Å². The molecule has 2 aromatic rings. The Morgan fingerprint density at radius 3 is 2.75 bits per heavy atom. The Hall–Kier alpha value is -1.58. The molecule has 0 aliphatic heterocycles. The van der Waals surface area contributed by atoms with Crippen LogP contribution in [0, 0.1) is 0 Å². The summed E-state index contributed by atoms with van der Waals surface area (Å²) >= 11 is 12.0. The summed E-state index contributed by atoms with van der Waals surface area (Å²) in [7, 11) is 1.75. The topological polar surface area (TPSA) is 33.2 Å². The smallest absolute Gasteiger partial charge is 0.227 e. The van der Waals surface area contributed by atoms with Gasteiger partial charge in [0, 0.05) is 23.3 Å². The van der Waals surface area contributed by atoms with Gasteiger partial charge in [-0.1, -0.05) is 29.3 Å². The Morgan fingerprint density at radius 1 is 1.25 bits per heavy atom. The van der Waals surface area contributed by atoms with Crippen LogP contribution in [0.4, 0.5) is 0 Å². The largest absolute Gasteiger partial charge is 0.340 e. The van der Waals surface area contributed by atoms with Crippen LogP contribution in [0.3, 0.4) is 0 Å². The van der Waals surface area contributed by atoms with Gasteiger partial charge in [0.2, 0.25) is 5.91 Å². The van der Waals surface area contributed by atoms with E-state index >= 15 is 0 Å². The predicted octanol–water partition coefficient (Wildman–Crippen LogP) is 3.59. The molecule has 0 saturated carbocycles. The van der Waals surface area contributed by atoms with Crippen molar-refractivity contribution < 1.29 is 4.79 Å². The minimum Gasteiger partial charge on any atom is -0.340 e. The van der Waals surface area contributed by atoms with E-state index in [0.29, 0.717) is 16.6 Å². The highest BCUT2D eigenvalue weighted by Gasteiger charge is 2.13. The zero-order chi connectivity index (χ0) is 14.5. The van der Waals surface area contributed by atoms with Gasteiger partial charge in [0.05, 0.1) is 18.7 Å². The van der Waals surface area contributed by atoms with Gasteiger partial charge in [-0.2, -0.15) is 0 Å². The number of hydrogen-bond acceptors (Lipinski definition) is 2. The van der Waals surface area contributed by atoms with Crippen molar-refractivity contribution in [3.63, 3.8) is 0 Å². The van der Waals surface area contributed by atoms with Crippen LogP contribution in [0.1, 0.15) is 11.3 Å². The standard InChI is InChI=1S/C15H14Cl2N2O/c1-19(10-13-4-2-3-7-18-13)15(20)9-11-8-12(16)5-6-14(11)17/h2-8H,9-10H2,1H3. The van der Waals surface area contributed by atoms with Crippen LogP contribution in [0.2, 0.25) is 10.0 Å². The van der Waals surface area contributed by atoms with E-state index in [1.165, 1.54) is 0 Å². The summed E-state index contributed by atoms with van der Waals surface area (Å²) in [6.07, 6.45) is 1.93. The molecule has 0 fully saturated rings. The van der Waals surface area contributed by atoms with E-state index in [1.54, 1.807) is 36.3 Å². The first-order valence-corrected chi connectivity index (χ1v) is 6.89. The molecule has 0 unspecified atom stereocenters. The lowest BCUT2D eigenvalue weighted by molar-refractivity contribution is -0.129. The Labute approximate surface area is 128 Å². The van der Waals surface area contributed by atoms with E-state index in [4.69, 9.17) is 23.2 Å². The number of likely N-dealkylation sites (N-methyl/N-ethyl adjacent to an activating group) is 1. The van der Waals surface area contributed by atoms with Crippen molar-refractivity contribution in [2.24, 2.45) is 0 Å². The van der Waals surface area contributed by atoms with Crippen LogP contribution in [-0.4, -0.2) is 22.8 Å². The molecule has 0 spiro atoms. The molecule has 1 heterocycles. The van der Waals surface area contributed by atoms with Gasteiger partial charge in [-0.05, 0) is 35.9 Å². The zero-order valence-electron chi connectivity index (χ0n) is 11.0. The first-order chi connectivity index (χ1) is 9.56. The van der Waals surface area contributed by atoms with Crippen molar-refractivity contribution in [1.29, 1.82) is 0 Å². The third-order valence-electron chi connectivity index (χ3n) is 2.90. The number of benzene rings is 1. The van der Waals surface area contributed by atoms with E-state index in [0.717, 1.165) is 11.3 Å². The fourth-order valence-corrected chi connectivity index (χ4v) is 2.18. The molecule has 0 radical (unpaired) electrons. The lowest BCUT2D eigenvalue weighted by Gasteiger charge is -2.17. The lowest BCUT2D eigenvalue weighted by atomic mass is 10.1. The molecule has 3 nitrogen and oxygen atoms in total. The molecule has 0 atom stereocenters. The fourth-order valence-electron chi connectivity index (χ4n) is 1.80. The summed E-state index contributed by atoms with van der Waals surface area (Å²) in [4.78, 5) is 18.0. The van der Waals surface area contributed by atoms with E-state index < -0.39 is 0 Å². The molecule has 0 saturated heterocycles. The number of halogens is 2. The predicted molar refractivity (Wildman–Crippen MR) is 80.9 cm³/mol. The summed E-state index contributed by atoms with van der Waals surface area (Å²) in [5.74, 6) is -0.0279. The average molecular weight is 309 g/mol. The summed E-state index contributed by atoms with van der Waals surface area (Å²) in [6, 6.07) is 10.7. The van der Waals surface area contributed by atoms with Crippen LogP contribution < -0.4 is 0 Å². The second kappa shape index (κ2) is 6.73. The molecule has 1 aromatic heterocycles. The highest BCUT2D eigenvalue weighted by atomic mass is 35.5. The summed E-state index contributed by atoms with van der Waals surface area (Å²) in [5, 5.41) is 1.12. The summed E-state index contributed by atoms with van der Waals surface area (Å²) < 4.78 is 0. The maximum atomic E-state index is 12.2. The van der Waals surface area contributed by atoms with Gasteiger partial charge in [-0.15, -0.1) is 0 Å². The van der Waals surface area contributed by atoms with Crippen LogP contribution in [0.5, 0.6) is 0 Å². The minimum atomic E-state index is -0.0279. The number of pyridine rings is 1. The molecule has 2 rings (SSSR count). The van der Waals surface area contributed by atoms with Crippen LogP contribution >= 0.6 is 23.2 Å². The van der Waals surface area contributed by atoms with Crippen molar-refractivity contribution in [1.82, 2.24) is 9.88 Å². The molecule has 0 bridgehead atoms. The number of carbonyl (C=O) groups excluding carboxylic acids is 1. The summed E-state index contributed by atoms with van der Waals surface area (Å²) in [5.41, 5.74) is 1.58. The molecule has 0 N–H and O–H groups in total. The number of aromatic nitrogens is 1. The fraction of sp³-hybridized carbons (Fsp3) is 0.200. The van der Waals surface area contributed by atoms with Crippen molar-refractivity contribution in [2.45, 2.75) is 13.0 Å². The van der Waals surface area contributed by atoms with Gasteiger partial charge < -0.3 is 4.90 Å². The molecule has 0 aliphatic carbocycles. The highest BCUT2D eigenvalue weighted by molar-refractivity contribution is 6.33. The van der Waals surface area contributed by atoms with Crippen LogP contribution in [-0.2, 0) is 17.8 Å². The monoisotopic (exact) mass is 308 g/mol. The third-order valence-corrected chi connectivity index (χ3v) is 3.50. The Balaban J connectivity index is 2.02. The highest BCUT2D eigenvalue weighted by Crippen LogP contribution is 2.21. The second-order valence-electron chi connectivity index (χ2n) is 4.48. The molecular weight excluding hydrogens is 295 g/mol. The van der Waals surface area contributed by atoms with Gasteiger partial charge in [0.1, 0.15) is 0 Å². The molecule has 104 valence electrons. The van der Waals surface area contributed by atoms with E-state index in [2.05, 4.69) is 4.98 Å². The number of carbonyl (C=O) groups is 1.